The zero-order valence-electron chi connectivity index (χ0n) is 4.74. The summed E-state index contributed by atoms with van der Waals surface area (Å²) in [6.07, 6.45) is 0. The minimum absolute atomic E-state index is 0. The molecule has 0 spiro atoms. The van der Waals surface area contributed by atoms with Gasteiger partial charge in [-0.2, -0.15) is 0 Å². The Morgan fingerprint density at radius 1 is 1.71 bits per heavy atom. The Hall–Kier alpha value is 2.18. The van der Waals surface area contributed by atoms with E-state index in [2.05, 4.69) is 4.31 Å². The Morgan fingerprint density at radius 3 is 1.86 bits per heavy atom. The predicted molar refractivity (Wildman–Crippen MR) is 24.0 cm³/mol. The van der Waals surface area contributed by atoms with Crippen LogP contribution in [0.25, 0.3) is 0 Å². The van der Waals surface area contributed by atoms with Crippen molar-refractivity contribution in [1.29, 1.82) is 0 Å². The van der Waals surface area contributed by atoms with Crippen molar-refractivity contribution in [2.45, 2.75) is 0 Å². The molecule has 2 N–H and O–H groups in total. The third-order valence-electron chi connectivity index (χ3n) is 0.137. The van der Waals surface area contributed by atoms with Crippen LogP contribution in [0.2, 0.25) is 0 Å². The van der Waals surface area contributed by atoms with Gasteiger partial charge in [0.05, 0.1) is 0 Å². The largest absolute Gasteiger partial charge is 1.00 e. The normalized spacial score (nSPS) is 10.1. The van der Waals surface area contributed by atoms with Crippen LogP contribution in [0.1, 0.15) is 1.43 Å². The predicted octanol–water partition coefficient (Wildman–Crippen LogP) is -3.00. The summed E-state index contributed by atoms with van der Waals surface area (Å²) < 4.78 is 13.0. The molecule has 40 valence electrons. The monoisotopic (exact) mass is 170 g/mol. The van der Waals surface area contributed by atoms with Gasteiger partial charge in [-0.1, -0.05) is 0 Å². The molecule has 0 radical (unpaired) electrons. The third-order valence-corrected chi connectivity index (χ3v) is 1.24. The summed E-state index contributed by atoms with van der Waals surface area (Å²) in [4.78, 5) is 15.4. The first-order valence-corrected chi connectivity index (χ1v) is 3.00. The van der Waals surface area contributed by atoms with Crippen LogP contribution < -0.4 is 51.4 Å². The van der Waals surface area contributed by atoms with Crippen molar-refractivity contribution in [2.75, 3.05) is 0 Å². The molecule has 0 fully saturated rings. The Labute approximate surface area is 87.4 Å². The molecule has 4 nitrogen and oxygen atoms in total. The minimum atomic E-state index is -4.18. The van der Waals surface area contributed by atoms with Crippen LogP contribution in [-0.4, -0.2) is 9.79 Å². The van der Waals surface area contributed by atoms with Gasteiger partial charge < -0.3 is 11.2 Å². The topological polar surface area (TPSA) is 66.8 Å². The van der Waals surface area contributed by atoms with Crippen molar-refractivity contribution < 1.29 is 71.5 Å². The van der Waals surface area contributed by atoms with E-state index < -0.39 is 7.82 Å². The summed E-state index contributed by atoms with van der Waals surface area (Å²) in [6, 6.07) is 0. The van der Waals surface area contributed by atoms with Crippen molar-refractivity contribution in [2.24, 2.45) is 0 Å². The van der Waals surface area contributed by atoms with Gasteiger partial charge in [-0.25, -0.2) is 4.57 Å². The molecule has 0 bridgehead atoms. The van der Waals surface area contributed by atoms with Gasteiger partial charge >= 0.3 is 59.2 Å². The Balaban J connectivity index is -0.000000125. The first-order chi connectivity index (χ1) is 2.56. The van der Waals surface area contributed by atoms with E-state index in [0.717, 1.165) is 0 Å². The van der Waals surface area contributed by atoms with Crippen molar-refractivity contribution in [3.8, 4) is 0 Å². The molecule has 0 rings (SSSR count). The van der Waals surface area contributed by atoms with E-state index in [-0.39, 0.29) is 52.8 Å². The number of phosphoric acid groups is 1. The van der Waals surface area contributed by atoms with Crippen molar-refractivity contribution in [3.63, 3.8) is 0 Å². The molecule has 0 aromatic carbocycles. The smallest absolute Gasteiger partial charge is 1.00 e. The molecular formula is H5KO4P2. The number of rotatable bonds is 1. The van der Waals surface area contributed by atoms with Gasteiger partial charge in [-0.15, -0.1) is 0 Å². The molecule has 0 aliphatic heterocycles. The fourth-order valence-electron chi connectivity index (χ4n) is 0. The van der Waals surface area contributed by atoms with Gasteiger partial charge in [0.15, 0.2) is 0 Å². The maximum absolute atomic E-state index is 9.45. The van der Waals surface area contributed by atoms with Gasteiger partial charge in [-0.3, -0.25) is 4.31 Å². The van der Waals surface area contributed by atoms with E-state index in [9.17, 15) is 4.57 Å². The summed E-state index contributed by atoms with van der Waals surface area (Å²) >= 11 is 0. The van der Waals surface area contributed by atoms with Crippen LogP contribution >= 0.6 is 17.3 Å². The molecule has 0 saturated heterocycles. The Kier molecular flexibility index (Phi) is 8.51. The van der Waals surface area contributed by atoms with Crippen LogP contribution in [0.3, 0.4) is 0 Å². The molecule has 0 aliphatic rings. The second-order valence-electron chi connectivity index (χ2n) is 0.596. The maximum Gasteiger partial charge on any atom is 1.00 e. The second-order valence-corrected chi connectivity index (χ2v) is 2.42. The number of hydrogen-bond acceptors (Lipinski definition) is 2. The van der Waals surface area contributed by atoms with Gasteiger partial charge in [0.1, 0.15) is 0 Å². The average molecular weight is 170 g/mol. The SMILES string of the molecule is O=P(O)(O)OP.[H-].[K+]. The van der Waals surface area contributed by atoms with E-state index in [0.29, 0.717) is 0 Å². The van der Waals surface area contributed by atoms with E-state index in [4.69, 9.17) is 9.79 Å². The summed E-state index contributed by atoms with van der Waals surface area (Å²) in [5, 5.41) is 0. The first-order valence-electron chi connectivity index (χ1n) is 1.00. The summed E-state index contributed by atoms with van der Waals surface area (Å²) in [6.45, 7) is 0. The molecule has 0 amide bonds. The van der Waals surface area contributed by atoms with E-state index in [1.807, 2.05) is 0 Å². The summed E-state index contributed by atoms with van der Waals surface area (Å²) in [7, 11) is -2.72. The van der Waals surface area contributed by atoms with Gasteiger partial charge in [0.2, 0.25) is 0 Å². The molecule has 0 aromatic heterocycles. The molecule has 0 heterocycles. The summed E-state index contributed by atoms with van der Waals surface area (Å²) in [5.74, 6) is 0. The molecule has 1 unspecified atom stereocenters. The maximum atomic E-state index is 9.45. The van der Waals surface area contributed by atoms with Crippen LogP contribution in [0.4, 0.5) is 0 Å². The standard InChI is InChI=1S/K.H4O4P2.H/c;1-6(2,3)4-5;/h;5H2,(H2,1,2,3);/q+1;;-1. The zero-order valence-corrected chi connectivity index (χ0v) is 8.91. The number of hydrogen-bond donors (Lipinski definition) is 2. The van der Waals surface area contributed by atoms with Crippen molar-refractivity contribution >= 4 is 17.3 Å². The van der Waals surface area contributed by atoms with E-state index in [1.54, 1.807) is 0 Å². The fourth-order valence-corrected chi connectivity index (χ4v) is 0. The fraction of sp³-hybridized carbons (Fsp3) is 0. The van der Waals surface area contributed by atoms with Crippen LogP contribution in [0.5, 0.6) is 0 Å². The van der Waals surface area contributed by atoms with Crippen molar-refractivity contribution in [1.82, 2.24) is 0 Å². The van der Waals surface area contributed by atoms with E-state index >= 15 is 0 Å². The second kappa shape index (κ2) is 5.00. The van der Waals surface area contributed by atoms with Crippen LogP contribution in [0.15, 0.2) is 0 Å². The molecular weight excluding hydrogens is 165 g/mol. The Morgan fingerprint density at radius 2 is 1.86 bits per heavy atom. The summed E-state index contributed by atoms with van der Waals surface area (Å²) in [5.41, 5.74) is 0. The molecule has 7 heavy (non-hydrogen) atoms. The van der Waals surface area contributed by atoms with Gasteiger partial charge in [0, 0.05) is 9.47 Å². The van der Waals surface area contributed by atoms with E-state index in [1.165, 1.54) is 9.47 Å². The molecule has 1 atom stereocenters. The first kappa shape index (κ1) is 11.9. The Bertz CT molecular complexity index is 78.1. The van der Waals surface area contributed by atoms with Gasteiger partial charge in [0.25, 0.3) is 0 Å². The van der Waals surface area contributed by atoms with Crippen LogP contribution in [-0.2, 0) is 8.88 Å². The molecule has 0 saturated carbocycles. The quantitative estimate of drug-likeness (QED) is 0.325. The van der Waals surface area contributed by atoms with Crippen molar-refractivity contribution in [3.05, 3.63) is 0 Å². The minimum Gasteiger partial charge on any atom is -1.00 e. The molecule has 0 aliphatic carbocycles. The average Bonchev–Trinajstić information content (AvgIpc) is 1.35. The third kappa shape index (κ3) is 11.6. The molecule has 0 aromatic rings. The van der Waals surface area contributed by atoms with Crippen LogP contribution in [0, 0.1) is 0 Å². The zero-order chi connectivity index (χ0) is 5.21. The van der Waals surface area contributed by atoms with Gasteiger partial charge in [-0.05, 0) is 0 Å². The molecule has 7 heteroatoms.